The Kier molecular flexibility index (Phi) is 4.15. The van der Waals surface area contributed by atoms with E-state index >= 15 is 0 Å². The zero-order valence-corrected chi connectivity index (χ0v) is 11.3. The smallest absolute Gasteiger partial charge is 0.127 e. The molecule has 0 aliphatic carbocycles. The van der Waals surface area contributed by atoms with E-state index in [2.05, 4.69) is 13.8 Å². The van der Waals surface area contributed by atoms with Crippen LogP contribution in [0.25, 0.3) is 0 Å². The van der Waals surface area contributed by atoms with Crippen molar-refractivity contribution in [3.8, 4) is 5.75 Å². The minimum absolute atomic E-state index is 0.273. The van der Waals surface area contributed by atoms with E-state index in [9.17, 15) is 4.39 Å². The molecule has 17 heavy (non-hydrogen) atoms. The maximum atomic E-state index is 13.5. The van der Waals surface area contributed by atoms with E-state index in [0.717, 1.165) is 11.1 Å². The molecule has 0 atom stereocenters. The van der Waals surface area contributed by atoms with Gasteiger partial charge in [-0.2, -0.15) is 0 Å². The van der Waals surface area contributed by atoms with Crippen LogP contribution in [0, 0.1) is 5.82 Å². The van der Waals surface area contributed by atoms with E-state index in [1.54, 1.807) is 13.2 Å². The topological polar surface area (TPSA) is 35.2 Å². The molecule has 3 heteroatoms. The highest BCUT2D eigenvalue weighted by atomic mass is 19.1. The van der Waals surface area contributed by atoms with Gasteiger partial charge in [-0.05, 0) is 37.8 Å². The fraction of sp³-hybridized carbons (Fsp3) is 0.571. The highest BCUT2D eigenvalue weighted by Crippen LogP contribution is 2.32. The van der Waals surface area contributed by atoms with E-state index in [4.69, 9.17) is 10.5 Å². The molecule has 0 unspecified atom stereocenters. The molecule has 0 bridgehead atoms. The molecule has 2 N–H and O–H groups in total. The van der Waals surface area contributed by atoms with Crippen molar-refractivity contribution >= 4 is 0 Å². The summed E-state index contributed by atoms with van der Waals surface area (Å²) in [6, 6.07) is 2.99. The summed E-state index contributed by atoms with van der Waals surface area (Å²) < 4.78 is 18.8. The number of hydrogen-bond donors (Lipinski definition) is 1. The fourth-order valence-electron chi connectivity index (χ4n) is 2.11. The third kappa shape index (κ3) is 3.70. The second kappa shape index (κ2) is 5.05. The van der Waals surface area contributed by atoms with E-state index < -0.39 is 0 Å². The van der Waals surface area contributed by atoms with Gasteiger partial charge in [0.05, 0.1) is 7.11 Å². The van der Waals surface area contributed by atoms with Crippen molar-refractivity contribution in [3.63, 3.8) is 0 Å². The molecule has 0 heterocycles. The number of ether oxygens (including phenoxy) is 1. The van der Waals surface area contributed by atoms with Crippen LogP contribution in [0.4, 0.5) is 4.39 Å². The molecule has 0 aliphatic heterocycles. The van der Waals surface area contributed by atoms with Gasteiger partial charge >= 0.3 is 0 Å². The van der Waals surface area contributed by atoms with Crippen molar-refractivity contribution in [2.24, 2.45) is 5.73 Å². The predicted molar refractivity (Wildman–Crippen MR) is 69.0 cm³/mol. The highest BCUT2D eigenvalue weighted by molar-refractivity contribution is 5.43. The Morgan fingerprint density at radius 3 is 2.35 bits per heavy atom. The van der Waals surface area contributed by atoms with E-state index in [-0.39, 0.29) is 17.3 Å². The summed E-state index contributed by atoms with van der Waals surface area (Å²) in [5.41, 5.74) is 7.64. The molecule has 2 nitrogen and oxygen atoms in total. The lowest BCUT2D eigenvalue weighted by atomic mass is 9.88. The average Bonchev–Trinajstić information content (AvgIpc) is 2.12. The van der Waals surface area contributed by atoms with Gasteiger partial charge in [-0.25, -0.2) is 4.39 Å². The Labute approximate surface area is 103 Å². The van der Waals surface area contributed by atoms with Crippen LogP contribution in [0.3, 0.4) is 0 Å². The van der Waals surface area contributed by atoms with Crippen molar-refractivity contribution in [2.45, 2.75) is 45.6 Å². The van der Waals surface area contributed by atoms with Gasteiger partial charge in [0.25, 0.3) is 0 Å². The lowest BCUT2D eigenvalue weighted by molar-refractivity contribution is 0.401. The number of hydrogen-bond acceptors (Lipinski definition) is 2. The zero-order chi connectivity index (χ0) is 13.2. The number of halogens is 1. The lowest BCUT2D eigenvalue weighted by Crippen LogP contribution is -2.34. The first-order valence-corrected chi connectivity index (χ1v) is 5.90. The highest BCUT2D eigenvalue weighted by Gasteiger charge is 2.20. The molecule has 1 rings (SSSR count). The van der Waals surface area contributed by atoms with Crippen molar-refractivity contribution in [3.05, 3.63) is 29.1 Å². The van der Waals surface area contributed by atoms with Crippen molar-refractivity contribution in [1.82, 2.24) is 0 Å². The van der Waals surface area contributed by atoms with Crippen LogP contribution >= 0.6 is 0 Å². The largest absolute Gasteiger partial charge is 0.496 e. The normalized spacial score (nSPS) is 12.0. The van der Waals surface area contributed by atoms with Crippen LogP contribution < -0.4 is 10.5 Å². The molecule has 0 amide bonds. The Balaban J connectivity index is 3.30. The molecule has 0 fully saturated rings. The summed E-state index contributed by atoms with van der Waals surface area (Å²) in [7, 11) is 1.57. The van der Waals surface area contributed by atoms with Crippen molar-refractivity contribution in [1.29, 1.82) is 0 Å². The van der Waals surface area contributed by atoms with Crippen LogP contribution in [-0.4, -0.2) is 12.6 Å². The van der Waals surface area contributed by atoms with Crippen LogP contribution in [0.5, 0.6) is 5.75 Å². The Bertz CT molecular complexity index is 394. The molecule has 0 radical (unpaired) electrons. The van der Waals surface area contributed by atoms with Crippen LogP contribution in [0.2, 0.25) is 0 Å². The van der Waals surface area contributed by atoms with Gasteiger partial charge in [-0.3, -0.25) is 0 Å². The molecule has 0 saturated carbocycles. The molecular weight excluding hydrogens is 217 g/mol. The monoisotopic (exact) mass is 239 g/mol. The number of methoxy groups -OCH3 is 1. The summed E-state index contributed by atoms with van der Waals surface area (Å²) in [4.78, 5) is 0. The molecule has 0 aromatic heterocycles. The van der Waals surface area contributed by atoms with Gasteiger partial charge in [-0.1, -0.05) is 13.8 Å². The van der Waals surface area contributed by atoms with Crippen LogP contribution in [0.1, 0.15) is 44.7 Å². The maximum Gasteiger partial charge on any atom is 0.127 e. The molecule has 0 saturated heterocycles. The molecule has 0 aliphatic rings. The minimum Gasteiger partial charge on any atom is -0.496 e. The SMILES string of the molecule is COc1cc(F)cc(CC(C)(C)N)c1C(C)C. The Morgan fingerprint density at radius 1 is 1.35 bits per heavy atom. The summed E-state index contributed by atoms with van der Waals surface area (Å²) in [5, 5.41) is 0. The van der Waals surface area contributed by atoms with Gasteiger partial charge in [0.1, 0.15) is 11.6 Å². The summed E-state index contributed by atoms with van der Waals surface area (Å²) in [5.74, 6) is 0.618. The first-order valence-electron chi connectivity index (χ1n) is 5.90. The quantitative estimate of drug-likeness (QED) is 0.875. The summed E-state index contributed by atoms with van der Waals surface area (Å²) >= 11 is 0. The van der Waals surface area contributed by atoms with Gasteiger partial charge in [-0.15, -0.1) is 0 Å². The molecule has 1 aromatic carbocycles. The fourth-order valence-corrected chi connectivity index (χ4v) is 2.11. The first-order chi connectivity index (χ1) is 7.74. The third-order valence-electron chi connectivity index (χ3n) is 2.64. The molecule has 1 aromatic rings. The third-order valence-corrected chi connectivity index (χ3v) is 2.64. The molecule has 0 spiro atoms. The maximum absolute atomic E-state index is 13.5. The van der Waals surface area contributed by atoms with Crippen LogP contribution in [0.15, 0.2) is 12.1 Å². The standard InChI is InChI=1S/C14H22FNO/c1-9(2)13-10(8-14(3,4)16)6-11(15)7-12(13)17-5/h6-7,9H,8,16H2,1-5H3. The van der Waals surface area contributed by atoms with E-state index in [1.807, 2.05) is 13.8 Å². The lowest BCUT2D eigenvalue weighted by Gasteiger charge is -2.23. The predicted octanol–water partition coefficient (Wildman–Crippen LogP) is 3.24. The number of nitrogens with two attached hydrogens (primary N) is 1. The van der Waals surface area contributed by atoms with Gasteiger partial charge < -0.3 is 10.5 Å². The summed E-state index contributed by atoms with van der Waals surface area (Å²) in [6.45, 7) is 8.02. The number of benzene rings is 1. The first kappa shape index (κ1) is 14.0. The Morgan fingerprint density at radius 2 is 1.94 bits per heavy atom. The van der Waals surface area contributed by atoms with E-state index in [0.29, 0.717) is 12.2 Å². The van der Waals surface area contributed by atoms with Gasteiger partial charge in [0.15, 0.2) is 0 Å². The van der Waals surface area contributed by atoms with Gasteiger partial charge in [0, 0.05) is 17.2 Å². The van der Waals surface area contributed by atoms with Crippen molar-refractivity contribution in [2.75, 3.05) is 7.11 Å². The second-order valence-electron chi connectivity index (χ2n) is 5.50. The molecular formula is C14H22FNO. The zero-order valence-electron chi connectivity index (χ0n) is 11.3. The van der Waals surface area contributed by atoms with Crippen LogP contribution in [-0.2, 0) is 6.42 Å². The average molecular weight is 239 g/mol. The Hall–Kier alpha value is -1.09. The van der Waals surface area contributed by atoms with Gasteiger partial charge in [0.2, 0.25) is 0 Å². The number of rotatable bonds is 4. The molecule has 96 valence electrons. The summed E-state index contributed by atoms with van der Waals surface area (Å²) in [6.07, 6.45) is 0.634. The second-order valence-corrected chi connectivity index (χ2v) is 5.50. The van der Waals surface area contributed by atoms with Crippen molar-refractivity contribution < 1.29 is 9.13 Å². The van der Waals surface area contributed by atoms with E-state index in [1.165, 1.54) is 6.07 Å². The minimum atomic E-state index is -0.359.